The molecule has 0 fully saturated rings. The van der Waals surface area contributed by atoms with E-state index in [-0.39, 0.29) is 5.75 Å². The van der Waals surface area contributed by atoms with Crippen molar-refractivity contribution < 1.29 is 23.0 Å². The number of benzene rings is 2. The zero-order valence-electron chi connectivity index (χ0n) is 13.0. The minimum Gasteiger partial charge on any atom is -0.395 e. The van der Waals surface area contributed by atoms with Crippen LogP contribution in [0.3, 0.4) is 0 Å². The van der Waals surface area contributed by atoms with E-state index in [1.54, 1.807) is 42.5 Å². The van der Waals surface area contributed by atoms with E-state index in [2.05, 4.69) is 21.1 Å². The van der Waals surface area contributed by atoms with Crippen LogP contribution in [0, 0.1) is 0 Å². The molecular weight excluding hydrogens is 301 g/mol. The first-order valence-corrected chi connectivity index (χ1v) is 8.39. The third kappa shape index (κ3) is 5.53. The number of nitrogens with zero attached hydrogens (tertiary/aromatic N) is 1. The van der Waals surface area contributed by atoms with Crippen LogP contribution in [0.15, 0.2) is 54.6 Å². The Kier molecular flexibility index (Phi) is 4.91. The topological polar surface area (TPSA) is 55.8 Å². The summed E-state index contributed by atoms with van der Waals surface area (Å²) in [5.41, 5.74) is 1.12. The summed E-state index contributed by atoms with van der Waals surface area (Å²) >= 11 is 0. The lowest BCUT2D eigenvalue weighted by Gasteiger charge is -2.24. The second kappa shape index (κ2) is 6.53. The lowest BCUT2D eigenvalue weighted by atomic mass is 10.2. The average molecular weight is 322 g/mol. The first kappa shape index (κ1) is 16.6. The zero-order valence-corrected chi connectivity index (χ0v) is 13.9. The maximum absolute atomic E-state index is 12.0. The number of phosphoric acid groups is 1. The molecule has 5 nitrogen and oxygen atoms in total. The average Bonchev–Trinajstić information content (AvgIpc) is 2.39. The zero-order chi connectivity index (χ0) is 16.2. The van der Waals surface area contributed by atoms with E-state index in [0.717, 1.165) is 16.6 Å². The lowest BCUT2D eigenvalue weighted by Crippen LogP contribution is -2.33. The first-order chi connectivity index (χ1) is 10.2. The third-order valence-corrected chi connectivity index (χ3v) is 3.65. The molecule has 22 heavy (non-hydrogen) atoms. The third-order valence-electron chi connectivity index (χ3n) is 2.77. The van der Waals surface area contributed by atoms with Crippen LogP contribution >= 0.6 is 7.82 Å². The molecule has 0 aliphatic rings. The fourth-order valence-electron chi connectivity index (χ4n) is 1.97. The fourth-order valence-corrected chi connectivity index (χ4v) is 2.78. The number of hydrogen-bond acceptors (Lipinski definition) is 3. The van der Waals surface area contributed by atoms with Crippen molar-refractivity contribution in [3.63, 3.8) is 0 Å². The molecule has 0 aliphatic heterocycles. The van der Waals surface area contributed by atoms with Gasteiger partial charge in [-0.25, -0.2) is 4.57 Å². The van der Waals surface area contributed by atoms with Crippen LogP contribution in [0.1, 0.15) is 5.56 Å². The van der Waals surface area contributed by atoms with Crippen molar-refractivity contribution in [2.24, 2.45) is 0 Å². The predicted octanol–water partition coefficient (Wildman–Crippen LogP) is 3.45. The van der Waals surface area contributed by atoms with E-state index in [9.17, 15) is 9.46 Å². The van der Waals surface area contributed by atoms with E-state index >= 15 is 0 Å². The summed E-state index contributed by atoms with van der Waals surface area (Å²) in [4.78, 5) is 9.79. The summed E-state index contributed by atoms with van der Waals surface area (Å²) < 4.78 is 22.9. The molecule has 0 spiro atoms. The summed E-state index contributed by atoms with van der Waals surface area (Å²) in [6.07, 6.45) is 0. The number of para-hydroxylation sites is 1. The Hall–Kier alpha value is -1.81. The van der Waals surface area contributed by atoms with Crippen LogP contribution in [0.25, 0.3) is 0 Å². The molecule has 1 N–H and O–H groups in total. The molecule has 2 rings (SSSR count). The minimum atomic E-state index is -4.20. The highest BCUT2D eigenvalue weighted by atomic mass is 31.2. The van der Waals surface area contributed by atoms with Gasteiger partial charge in [-0.2, -0.15) is 0 Å². The monoisotopic (exact) mass is 322 g/mol. The summed E-state index contributed by atoms with van der Waals surface area (Å²) in [5.74, 6) is 0.585. The van der Waals surface area contributed by atoms with Gasteiger partial charge in [-0.3, -0.25) is 4.89 Å². The molecule has 0 aromatic heterocycles. The van der Waals surface area contributed by atoms with Gasteiger partial charge in [0.15, 0.2) is 0 Å². The van der Waals surface area contributed by atoms with Gasteiger partial charge in [-0.05, 0) is 36.4 Å². The highest BCUT2D eigenvalue weighted by molar-refractivity contribution is 7.48. The molecule has 0 saturated carbocycles. The van der Waals surface area contributed by atoms with Gasteiger partial charge < -0.3 is 13.5 Å². The minimum absolute atomic E-state index is 0.287. The largest absolute Gasteiger partial charge is 0.584 e. The molecule has 0 aliphatic carbocycles. The van der Waals surface area contributed by atoms with Crippen molar-refractivity contribution >= 4 is 7.82 Å². The van der Waals surface area contributed by atoms with Gasteiger partial charge in [0.25, 0.3) is 0 Å². The summed E-state index contributed by atoms with van der Waals surface area (Å²) in [6.45, 7) is 0.859. The second-order valence-corrected chi connectivity index (χ2v) is 7.36. The van der Waals surface area contributed by atoms with Crippen LogP contribution in [-0.2, 0) is 11.1 Å². The van der Waals surface area contributed by atoms with Gasteiger partial charge in [-0.15, -0.1) is 0 Å². The number of quaternary nitrogens is 1. The second-order valence-electron chi connectivity index (χ2n) is 6.06. The van der Waals surface area contributed by atoms with Gasteiger partial charge in [-0.1, -0.05) is 18.2 Å². The van der Waals surface area contributed by atoms with Crippen molar-refractivity contribution in [2.45, 2.75) is 6.54 Å². The number of hydrogen-bond donors (Lipinski definition) is 1. The van der Waals surface area contributed by atoms with Gasteiger partial charge in [0.2, 0.25) is 0 Å². The van der Waals surface area contributed by atoms with E-state index < -0.39 is 7.82 Å². The smallest absolute Gasteiger partial charge is 0.395 e. The predicted molar refractivity (Wildman–Crippen MR) is 85.7 cm³/mol. The normalized spacial score (nSPS) is 14.2. The van der Waals surface area contributed by atoms with Gasteiger partial charge in [0, 0.05) is 5.56 Å². The van der Waals surface area contributed by atoms with E-state index in [4.69, 9.17) is 9.05 Å². The Morgan fingerprint density at radius 1 is 0.909 bits per heavy atom. The van der Waals surface area contributed by atoms with Crippen molar-refractivity contribution in [3.05, 3.63) is 60.2 Å². The number of phosphoric ester groups is 1. The molecule has 2 aromatic rings. The van der Waals surface area contributed by atoms with Crippen molar-refractivity contribution in [2.75, 3.05) is 21.1 Å². The molecule has 118 valence electrons. The molecule has 6 heteroatoms. The highest BCUT2D eigenvalue weighted by Crippen LogP contribution is 2.44. The Morgan fingerprint density at radius 3 is 1.91 bits per heavy atom. The van der Waals surface area contributed by atoms with Gasteiger partial charge in [0.05, 0.1) is 21.1 Å². The molecule has 0 bridgehead atoms. The molecule has 1 atom stereocenters. The maximum atomic E-state index is 12.0. The molecule has 2 aromatic carbocycles. The SMILES string of the molecule is C[N+](C)(C)Cc1ccc(OP(=O)(O)Oc2ccccc2)cc1. The molecular formula is C16H21NO4P+. The van der Waals surface area contributed by atoms with Crippen molar-refractivity contribution in [1.82, 2.24) is 0 Å². The van der Waals surface area contributed by atoms with Crippen LogP contribution in [0.2, 0.25) is 0 Å². The highest BCUT2D eigenvalue weighted by Gasteiger charge is 2.25. The maximum Gasteiger partial charge on any atom is 0.584 e. The van der Waals surface area contributed by atoms with Crippen LogP contribution in [0.5, 0.6) is 11.5 Å². The summed E-state index contributed by atoms with van der Waals surface area (Å²) in [5, 5.41) is 0. The van der Waals surface area contributed by atoms with E-state index in [1.165, 1.54) is 0 Å². The van der Waals surface area contributed by atoms with Crippen LogP contribution in [-0.4, -0.2) is 30.5 Å². The lowest BCUT2D eigenvalue weighted by molar-refractivity contribution is -0.884. The van der Waals surface area contributed by atoms with Crippen molar-refractivity contribution in [1.29, 1.82) is 0 Å². The Morgan fingerprint density at radius 2 is 1.41 bits per heavy atom. The molecule has 0 amide bonds. The molecule has 1 unspecified atom stereocenters. The molecule has 0 radical (unpaired) electrons. The standard InChI is InChI=1S/C16H20NO4P/c1-17(2,3)13-14-9-11-16(12-10-14)21-22(18,19)20-15-7-5-4-6-8-15/h4-12H,13H2,1-3H3/p+1. The molecule has 0 heterocycles. The van der Waals surface area contributed by atoms with Gasteiger partial charge >= 0.3 is 7.82 Å². The number of rotatable bonds is 6. The summed E-state index contributed by atoms with van der Waals surface area (Å²) in [7, 11) is 2.10. The Balaban J connectivity index is 2.02. The van der Waals surface area contributed by atoms with Crippen LogP contribution in [0.4, 0.5) is 0 Å². The quantitative estimate of drug-likeness (QED) is 0.654. The van der Waals surface area contributed by atoms with E-state index in [0.29, 0.717) is 5.75 Å². The van der Waals surface area contributed by atoms with Gasteiger partial charge in [0.1, 0.15) is 18.0 Å². The summed E-state index contributed by atoms with van der Waals surface area (Å²) in [6, 6.07) is 15.5. The first-order valence-electron chi connectivity index (χ1n) is 6.90. The Bertz CT molecular complexity index is 650. The van der Waals surface area contributed by atoms with Crippen LogP contribution < -0.4 is 9.05 Å². The fraction of sp³-hybridized carbons (Fsp3) is 0.250. The molecule has 0 saturated heterocycles. The van der Waals surface area contributed by atoms with E-state index in [1.807, 2.05) is 12.1 Å². The Labute approximate surface area is 130 Å². The van der Waals surface area contributed by atoms with Crippen molar-refractivity contribution in [3.8, 4) is 11.5 Å².